The molecule has 1 aromatic heterocycles. The minimum atomic E-state index is -0.516. The molecule has 0 unspecified atom stereocenters. The van der Waals surface area contributed by atoms with Crippen LogP contribution in [0.15, 0.2) is 52.1 Å². The largest absolute Gasteiger partial charge is 0.496 e. The molecule has 0 radical (unpaired) electrons. The summed E-state index contributed by atoms with van der Waals surface area (Å²) in [6.07, 6.45) is 0. The van der Waals surface area contributed by atoms with E-state index in [2.05, 4.69) is 26.1 Å². The molecule has 0 spiro atoms. The van der Waals surface area contributed by atoms with Gasteiger partial charge in [-0.1, -0.05) is 27.7 Å². The summed E-state index contributed by atoms with van der Waals surface area (Å²) >= 11 is 4.72. The predicted octanol–water partition coefficient (Wildman–Crippen LogP) is 4.86. The van der Waals surface area contributed by atoms with E-state index in [1.165, 1.54) is 11.8 Å². The van der Waals surface area contributed by atoms with E-state index >= 15 is 0 Å². The van der Waals surface area contributed by atoms with Gasteiger partial charge < -0.3 is 9.47 Å². The fourth-order valence-corrected chi connectivity index (χ4v) is 4.56. The summed E-state index contributed by atoms with van der Waals surface area (Å²) in [4.78, 5) is 11.1. The van der Waals surface area contributed by atoms with Crippen LogP contribution in [0.2, 0.25) is 0 Å². The van der Waals surface area contributed by atoms with Crippen LogP contribution in [0, 0.1) is 17.0 Å². The molecule has 0 fully saturated rings. The third-order valence-electron chi connectivity index (χ3n) is 4.30. The molecule has 1 heterocycles. The Hall–Kier alpha value is -2.59. The van der Waals surface area contributed by atoms with Gasteiger partial charge in [0.2, 0.25) is 6.54 Å². The van der Waals surface area contributed by atoms with Gasteiger partial charge in [0, 0.05) is 20.6 Å². The van der Waals surface area contributed by atoms with E-state index in [0.29, 0.717) is 28.9 Å². The fraction of sp³-hybridized carbons (Fsp3) is 0.300. The molecular weight excluding hydrogens is 472 g/mol. The van der Waals surface area contributed by atoms with Crippen molar-refractivity contribution in [3.05, 3.63) is 68.4 Å². The molecule has 158 valence electrons. The molecule has 0 saturated carbocycles. The first-order valence-electron chi connectivity index (χ1n) is 9.20. The lowest BCUT2D eigenvalue weighted by molar-refractivity contribution is -0.479. The van der Waals surface area contributed by atoms with E-state index in [0.717, 1.165) is 15.9 Å². The summed E-state index contributed by atoms with van der Waals surface area (Å²) in [5.41, 5.74) is 1.57. The number of rotatable bonds is 9. The number of aryl methyl sites for hydroxylation is 1. The number of hydrogen-bond acceptors (Lipinski definition) is 7. The summed E-state index contributed by atoms with van der Waals surface area (Å²) in [6, 6.07) is 13.0. The molecule has 0 aliphatic carbocycles. The van der Waals surface area contributed by atoms with Crippen molar-refractivity contribution in [2.24, 2.45) is 0 Å². The Balaban J connectivity index is 1.98. The highest BCUT2D eigenvalue weighted by Crippen LogP contribution is 2.41. The molecule has 0 amide bonds. The normalized spacial score (nSPS) is 11.9. The Kier molecular flexibility index (Phi) is 7.33. The van der Waals surface area contributed by atoms with Crippen LogP contribution < -0.4 is 9.47 Å². The first-order chi connectivity index (χ1) is 14.4. The maximum Gasteiger partial charge on any atom is 0.220 e. The Morgan fingerprint density at radius 2 is 1.97 bits per heavy atom. The van der Waals surface area contributed by atoms with Crippen LogP contribution in [0.25, 0.3) is 5.69 Å². The fourth-order valence-electron chi connectivity index (χ4n) is 2.99. The second-order valence-corrected chi connectivity index (χ2v) is 8.39. The van der Waals surface area contributed by atoms with Gasteiger partial charge in [-0.25, -0.2) is 0 Å². The Morgan fingerprint density at radius 3 is 2.60 bits per heavy atom. The Bertz CT molecular complexity index is 1030. The SMILES string of the molecule is CCOc1ccc(-n2c(C)nnc2S[C@@H](C[N+](=O)[O-])c2cc(Br)ccc2OC)cc1. The van der Waals surface area contributed by atoms with E-state index in [4.69, 9.17) is 9.47 Å². The Labute approximate surface area is 186 Å². The topological polar surface area (TPSA) is 92.3 Å². The van der Waals surface area contributed by atoms with E-state index in [1.807, 2.05) is 54.8 Å². The first-order valence-corrected chi connectivity index (χ1v) is 10.9. The molecule has 2 aromatic carbocycles. The standard InChI is InChI=1S/C20H21BrN4O4S/c1-4-29-16-8-6-15(7-9-16)25-13(2)22-23-20(25)30-19(12-24(26)27)17-11-14(21)5-10-18(17)28-3/h5-11,19H,4,12H2,1-3H3/t19-/m0/s1. The molecule has 0 N–H and O–H groups in total. The molecule has 0 saturated heterocycles. The van der Waals surface area contributed by atoms with Gasteiger partial charge in [0.1, 0.15) is 22.6 Å². The third-order valence-corrected chi connectivity index (χ3v) is 5.96. The lowest BCUT2D eigenvalue weighted by Crippen LogP contribution is -2.12. The molecule has 8 nitrogen and oxygen atoms in total. The number of nitro groups is 1. The number of halogens is 1. The van der Waals surface area contributed by atoms with Crippen molar-refractivity contribution in [3.8, 4) is 17.2 Å². The van der Waals surface area contributed by atoms with Crippen LogP contribution in [0.4, 0.5) is 0 Å². The van der Waals surface area contributed by atoms with Crippen molar-refractivity contribution in [2.75, 3.05) is 20.3 Å². The molecule has 30 heavy (non-hydrogen) atoms. The molecule has 1 atom stereocenters. The van der Waals surface area contributed by atoms with Crippen molar-refractivity contribution < 1.29 is 14.4 Å². The number of nitrogens with zero attached hydrogens (tertiary/aromatic N) is 4. The van der Waals surface area contributed by atoms with E-state index in [9.17, 15) is 10.1 Å². The average molecular weight is 493 g/mol. The van der Waals surface area contributed by atoms with E-state index in [-0.39, 0.29) is 11.5 Å². The summed E-state index contributed by atoms with van der Waals surface area (Å²) in [5.74, 6) is 2.04. The molecule has 3 aromatic rings. The highest BCUT2D eigenvalue weighted by Gasteiger charge is 2.26. The average Bonchev–Trinajstić information content (AvgIpc) is 3.08. The summed E-state index contributed by atoms with van der Waals surface area (Å²) in [7, 11) is 1.55. The maximum atomic E-state index is 11.4. The number of ether oxygens (including phenoxy) is 2. The zero-order chi connectivity index (χ0) is 21.7. The second-order valence-electron chi connectivity index (χ2n) is 6.30. The van der Waals surface area contributed by atoms with E-state index in [1.54, 1.807) is 13.2 Å². The lowest BCUT2D eigenvalue weighted by Gasteiger charge is -2.17. The monoisotopic (exact) mass is 492 g/mol. The molecule has 0 aliphatic rings. The lowest BCUT2D eigenvalue weighted by atomic mass is 10.1. The van der Waals surface area contributed by atoms with Crippen molar-refractivity contribution in [1.29, 1.82) is 0 Å². The Morgan fingerprint density at radius 1 is 1.23 bits per heavy atom. The number of benzene rings is 2. The van der Waals surface area contributed by atoms with Gasteiger partial charge in [-0.3, -0.25) is 14.7 Å². The first kappa shape index (κ1) is 22.1. The number of hydrogen-bond donors (Lipinski definition) is 0. The minimum absolute atomic E-state index is 0.285. The van der Waals surface area contributed by atoms with Gasteiger partial charge in [0.25, 0.3) is 0 Å². The molecule has 10 heteroatoms. The maximum absolute atomic E-state index is 11.4. The number of aromatic nitrogens is 3. The van der Waals surface area contributed by atoms with Crippen LogP contribution in [0.1, 0.15) is 23.6 Å². The van der Waals surface area contributed by atoms with Gasteiger partial charge in [-0.2, -0.15) is 0 Å². The van der Waals surface area contributed by atoms with Crippen LogP contribution in [-0.4, -0.2) is 39.9 Å². The van der Waals surface area contributed by atoms with Gasteiger partial charge in [-0.15, -0.1) is 10.2 Å². The minimum Gasteiger partial charge on any atom is -0.496 e. The smallest absolute Gasteiger partial charge is 0.220 e. The van der Waals surface area contributed by atoms with Gasteiger partial charge in [0.05, 0.1) is 13.7 Å². The van der Waals surface area contributed by atoms with Crippen LogP contribution in [0.5, 0.6) is 11.5 Å². The quantitative estimate of drug-likeness (QED) is 0.239. The molecule has 0 bridgehead atoms. The highest BCUT2D eigenvalue weighted by atomic mass is 79.9. The van der Waals surface area contributed by atoms with Crippen molar-refractivity contribution in [3.63, 3.8) is 0 Å². The van der Waals surface area contributed by atoms with Crippen LogP contribution in [0.3, 0.4) is 0 Å². The molecule has 3 rings (SSSR count). The zero-order valence-electron chi connectivity index (χ0n) is 16.7. The van der Waals surface area contributed by atoms with Crippen molar-refractivity contribution >= 4 is 27.7 Å². The van der Waals surface area contributed by atoms with E-state index < -0.39 is 5.25 Å². The van der Waals surface area contributed by atoms with Gasteiger partial charge in [-0.05, 0) is 56.3 Å². The van der Waals surface area contributed by atoms with Crippen LogP contribution in [-0.2, 0) is 0 Å². The van der Waals surface area contributed by atoms with Crippen molar-refractivity contribution in [1.82, 2.24) is 14.8 Å². The highest BCUT2D eigenvalue weighted by molar-refractivity contribution is 9.10. The zero-order valence-corrected chi connectivity index (χ0v) is 19.1. The summed E-state index contributed by atoms with van der Waals surface area (Å²) < 4.78 is 13.6. The van der Waals surface area contributed by atoms with Gasteiger partial charge >= 0.3 is 0 Å². The predicted molar refractivity (Wildman–Crippen MR) is 118 cm³/mol. The third kappa shape index (κ3) is 5.11. The summed E-state index contributed by atoms with van der Waals surface area (Å²) in [5, 5.41) is 19.9. The number of thioether (sulfide) groups is 1. The summed E-state index contributed by atoms with van der Waals surface area (Å²) in [6.45, 7) is 4.07. The molecular formula is C20H21BrN4O4S. The van der Waals surface area contributed by atoms with Gasteiger partial charge in [0.15, 0.2) is 5.16 Å². The second kappa shape index (κ2) is 9.94. The van der Waals surface area contributed by atoms with Crippen LogP contribution >= 0.6 is 27.7 Å². The number of methoxy groups -OCH3 is 1. The van der Waals surface area contributed by atoms with Crippen molar-refractivity contribution in [2.45, 2.75) is 24.3 Å². The molecule has 0 aliphatic heterocycles.